The molecule has 2 aromatic rings. The molecular formula is C24H29N3O2. The van der Waals surface area contributed by atoms with Crippen LogP contribution in [0.15, 0.2) is 42.6 Å². The molecule has 1 saturated heterocycles. The number of morpholine rings is 1. The second-order valence-corrected chi connectivity index (χ2v) is 8.65. The van der Waals surface area contributed by atoms with Crippen molar-refractivity contribution < 1.29 is 9.53 Å². The van der Waals surface area contributed by atoms with Crippen LogP contribution in [0.5, 0.6) is 0 Å². The summed E-state index contributed by atoms with van der Waals surface area (Å²) >= 11 is 0. The summed E-state index contributed by atoms with van der Waals surface area (Å²) in [6.07, 6.45) is 6.20. The summed E-state index contributed by atoms with van der Waals surface area (Å²) in [5.41, 5.74) is 3.07. The van der Waals surface area contributed by atoms with E-state index in [1.807, 2.05) is 30.5 Å². The third kappa shape index (κ3) is 4.68. The lowest BCUT2D eigenvalue weighted by atomic mass is 10.0. The Bertz CT molecular complexity index is 857. The van der Waals surface area contributed by atoms with Gasteiger partial charge in [-0.15, -0.1) is 0 Å². The summed E-state index contributed by atoms with van der Waals surface area (Å²) in [6.45, 7) is 4.39. The number of Topliss-reactive ketones (excluding diaryl/α,β-unsaturated/α-hetero) is 1. The molecule has 1 aromatic carbocycles. The first-order chi connectivity index (χ1) is 14.3. The summed E-state index contributed by atoms with van der Waals surface area (Å²) in [5.74, 6) is 2.60. The van der Waals surface area contributed by atoms with Crippen molar-refractivity contribution in [1.82, 2.24) is 10.3 Å². The van der Waals surface area contributed by atoms with E-state index in [-0.39, 0.29) is 5.78 Å². The average molecular weight is 392 g/mol. The van der Waals surface area contributed by atoms with E-state index in [1.165, 1.54) is 24.8 Å². The summed E-state index contributed by atoms with van der Waals surface area (Å²) in [5, 5.41) is 3.68. The van der Waals surface area contributed by atoms with E-state index >= 15 is 0 Å². The summed E-state index contributed by atoms with van der Waals surface area (Å²) in [6, 6.07) is 12.9. The second-order valence-electron chi connectivity index (χ2n) is 8.65. The highest BCUT2D eigenvalue weighted by Crippen LogP contribution is 2.42. The van der Waals surface area contributed by atoms with Crippen molar-refractivity contribution in [2.75, 3.05) is 37.7 Å². The van der Waals surface area contributed by atoms with Crippen LogP contribution in [0.25, 0.3) is 0 Å². The molecule has 0 bridgehead atoms. The van der Waals surface area contributed by atoms with Crippen molar-refractivity contribution in [2.24, 2.45) is 5.92 Å². The van der Waals surface area contributed by atoms with Crippen LogP contribution in [0.4, 0.5) is 5.82 Å². The number of carbonyl (C=O) groups is 1. The lowest BCUT2D eigenvalue weighted by Gasteiger charge is -2.27. The van der Waals surface area contributed by atoms with E-state index < -0.39 is 0 Å². The average Bonchev–Trinajstić information content (AvgIpc) is 3.69. The summed E-state index contributed by atoms with van der Waals surface area (Å²) < 4.78 is 5.39. The Morgan fingerprint density at radius 3 is 2.79 bits per heavy atom. The standard InChI is InChI=1S/C24H29N3O2/c28-23(12-18-6-7-24(26-16-18)27-8-10-29-11-9-27)20-3-1-2-19(13-20)21-14-22(21)25-15-17-4-5-17/h1-3,6-7,13,16-17,21-22,25H,4-5,8-12,14-15H2. The van der Waals surface area contributed by atoms with Crippen LogP contribution < -0.4 is 10.2 Å². The fourth-order valence-electron chi connectivity index (χ4n) is 4.16. The first-order valence-electron chi connectivity index (χ1n) is 10.9. The minimum absolute atomic E-state index is 0.163. The Balaban J connectivity index is 1.18. The van der Waals surface area contributed by atoms with Crippen LogP contribution in [-0.4, -0.2) is 49.7 Å². The Morgan fingerprint density at radius 1 is 1.17 bits per heavy atom. The van der Waals surface area contributed by atoms with Crippen LogP contribution in [0, 0.1) is 5.92 Å². The SMILES string of the molecule is O=C(Cc1ccc(N2CCOCC2)nc1)c1cccc(C2CC2NCC2CC2)c1. The van der Waals surface area contributed by atoms with Gasteiger partial charge < -0.3 is 15.0 Å². The van der Waals surface area contributed by atoms with Gasteiger partial charge in [-0.2, -0.15) is 0 Å². The third-order valence-electron chi connectivity index (χ3n) is 6.30. The van der Waals surface area contributed by atoms with Crippen molar-refractivity contribution in [3.05, 3.63) is 59.3 Å². The Labute approximate surface area is 172 Å². The number of carbonyl (C=O) groups excluding carboxylic acids is 1. The molecule has 2 heterocycles. The molecule has 3 aliphatic rings. The zero-order valence-electron chi connectivity index (χ0n) is 16.8. The minimum Gasteiger partial charge on any atom is -0.378 e. The number of pyridine rings is 1. The van der Waals surface area contributed by atoms with Gasteiger partial charge in [0.15, 0.2) is 5.78 Å². The summed E-state index contributed by atoms with van der Waals surface area (Å²) in [7, 11) is 0. The van der Waals surface area contributed by atoms with E-state index in [1.54, 1.807) is 0 Å². The zero-order chi connectivity index (χ0) is 19.6. The molecule has 2 saturated carbocycles. The van der Waals surface area contributed by atoms with Crippen molar-refractivity contribution in [3.8, 4) is 0 Å². The van der Waals surface area contributed by atoms with Gasteiger partial charge in [0.05, 0.1) is 13.2 Å². The largest absolute Gasteiger partial charge is 0.378 e. The fraction of sp³-hybridized carbons (Fsp3) is 0.500. The van der Waals surface area contributed by atoms with Crippen molar-refractivity contribution in [3.63, 3.8) is 0 Å². The van der Waals surface area contributed by atoms with Gasteiger partial charge in [-0.3, -0.25) is 4.79 Å². The molecule has 5 heteroatoms. The Hall–Kier alpha value is -2.24. The molecule has 1 aliphatic heterocycles. The molecule has 2 atom stereocenters. The molecule has 0 spiro atoms. The smallest absolute Gasteiger partial charge is 0.167 e. The van der Waals surface area contributed by atoms with E-state index in [9.17, 15) is 4.79 Å². The van der Waals surface area contributed by atoms with Gasteiger partial charge in [-0.25, -0.2) is 4.98 Å². The molecule has 29 heavy (non-hydrogen) atoms. The molecular weight excluding hydrogens is 362 g/mol. The number of hydrogen-bond acceptors (Lipinski definition) is 5. The van der Waals surface area contributed by atoms with E-state index in [2.05, 4.69) is 27.3 Å². The topological polar surface area (TPSA) is 54.5 Å². The fourth-order valence-corrected chi connectivity index (χ4v) is 4.16. The number of aromatic nitrogens is 1. The molecule has 5 nitrogen and oxygen atoms in total. The highest BCUT2D eigenvalue weighted by molar-refractivity contribution is 5.97. The van der Waals surface area contributed by atoms with Crippen LogP contribution >= 0.6 is 0 Å². The predicted molar refractivity (Wildman–Crippen MR) is 114 cm³/mol. The molecule has 0 amide bonds. The van der Waals surface area contributed by atoms with Gasteiger partial charge in [0.25, 0.3) is 0 Å². The van der Waals surface area contributed by atoms with E-state index in [0.29, 0.717) is 18.4 Å². The van der Waals surface area contributed by atoms with Crippen LogP contribution in [0.1, 0.15) is 46.7 Å². The molecule has 1 N–H and O–H groups in total. The number of hydrogen-bond donors (Lipinski definition) is 1. The number of anilines is 1. The number of nitrogens with zero attached hydrogens (tertiary/aromatic N) is 2. The number of ketones is 1. The monoisotopic (exact) mass is 391 g/mol. The maximum absolute atomic E-state index is 12.8. The van der Waals surface area contributed by atoms with Crippen molar-refractivity contribution >= 4 is 11.6 Å². The van der Waals surface area contributed by atoms with Gasteiger partial charge in [-0.05, 0) is 55.0 Å². The second kappa shape index (κ2) is 8.25. The van der Waals surface area contributed by atoms with Gasteiger partial charge in [0.1, 0.15) is 5.82 Å². The zero-order valence-corrected chi connectivity index (χ0v) is 16.8. The maximum atomic E-state index is 12.8. The van der Waals surface area contributed by atoms with Gasteiger partial charge in [0.2, 0.25) is 0 Å². The first-order valence-corrected chi connectivity index (χ1v) is 10.9. The highest BCUT2D eigenvalue weighted by atomic mass is 16.5. The number of rotatable bonds is 8. The van der Waals surface area contributed by atoms with E-state index in [0.717, 1.165) is 55.7 Å². The van der Waals surface area contributed by atoms with Gasteiger partial charge in [-0.1, -0.05) is 24.3 Å². The quantitative estimate of drug-likeness (QED) is 0.701. The van der Waals surface area contributed by atoms with Gasteiger partial charge in [0, 0.05) is 43.2 Å². The third-order valence-corrected chi connectivity index (χ3v) is 6.30. The lowest BCUT2D eigenvalue weighted by molar-refractivity contribution is 0.0993. The maximum Gasteiger partial charge on any atom is 0.167 e. The predicted octanol–water partition coefficient (Wildman–Crippen LogP) is 3.20. The van der Waals surface area contributed by atoms with Crippen LogP contribution in [-0.2, 0) is 11.2 Å². The molecule has 0 radical (unpaired) electrons. The van der Waals surface area contributed by atoms with E-state index in [4.69, 9.17) is 4.74 Å². The Morgan fingerprint density at radius 2 is 2.03 bits per heavy atom. The minimum atomic E-state index is 0.163. The number of nitrogens with one attached hydrogen (secondary N) is 1. The normalized spacial score (nSPS) is 23.8. The van der Waals surface area contributed by atoms with Crippen LogP contribution in [0.3, 0.4) is 0 Å². The molecule has 5 rings (SSSR count). The number of ether oxygens (including phenoxy) is 1. The highest BCUT2D eigenvalue weighted by Gasteiger charge is 2.39. The molecule has 2 aliphatic carbocycles. The van der Waals surface area contributed by atoms with Crippen LogP contribution in [0.2, 0.25) is 0 Å². The van der Waals surface area contributed by atoms with Gasteiger partial charge >= 0.3 is 0 Å². The molecule has 152 valence electrons. The van der Waals surface area contributed by atoms with Crippen molar-refractivity contribution in [2.45, 2.75) is 37.6 Å². The summed E-state index contributed by atoms with van der Waals surface area (Å²) in [4.78, 5) is 19.6. The number of benzene rings is 1. The Kier molecular flexibility index (Phi) is 5.34. The lowest BCUT2D eigenvalue weighted by Crippen LogP contribution is -2.36. The molecule has 2 unspecified atom stereocenters. The molecule has 1 aromatic heterocycles. The molecule has 3 fully saturated rings. The first kappa shape index (κ1) is 18.8. The van der Waals surface area contributed by atoms with Crippen molar-refractivity contribution in [1.29, 1.82) is 0 Å².